The third-order valence-corrected chi connectivity index (χ3v) is 3.92. The van der Waals surface area contributed by atoms with Crippen LogP contribution in [0, 0.1) is 0 Å². The first-order chi connectivity index (χ1) is 8.81. The van der Waals surface area contributed by atoms with Crippen molar-refractivity contribution in [1.82, 2.24) is 14.8 Å². The van der Waals surface area contributed by atoms with Crippen LogP contribution in [-0.4, -0.2) is 35.6 Å². The topological polar surface area (TPSA) is 20.2 Å². The van der Waals surface area contributed by atoms with Crippen molar-refractivity contribution < 1.29 is 0 Å². The Morgan fingerprint density at radius 2 is 2.00 bits per heavy atom. The van der Waals surface area contributed by atoms with E-state index in [0.29, 0.717) is 6.04 Å². The number of piperidine rings is 1. The lowest BCUT2D eigenvalue weighted by Crippen LogP contribution is -2.33. The molecule has 1 N–H and O–H groups in total. The van der Waals surface area contributed by atoms with Crippen LogP contribution >= 0.6 is 0 Å². The molecule has 18 heavy (non-hydrogen) atoms. The van der Waals surface area contributed by atoms with Gasteiger partial charge in [0.25, 0.3) is 0 Å². The smallest absolute Gasteiger partial charge is 0.0446 e. The first-order valence-corrected chi connectivity index (χ1v) is 7.42. The third-order valence-electron chi connectivity index (χ3n) is 3.92. The van der Waals surface area contributed by atoms with Crippen LogP contribution in [0.25, 0.3) is 0 Å². The van der Waals surface area contributed by atoms with Crippen molar-refractivity contribution in [1.29, 1.82) is 0 Å². The summed E-state index contributed by atoms with van der Waals surface area (Å²) in [6.45, 7) is 10.3. The van der Waals surface area contributed by atoms with Crippen molar-refractivity contribution in [2.24, 2.45) is 0 Å². The van der Waals surface area contributed by atoms with Crippen LogP contribution in [0.2, 0.25) is 0 Å². The molecule has 0 radical (unpaired) electrons. The van der Waals surface area contributed by atoms with Gasteiger partial charge in [-0.3, -0.25) is 0 Å². The largest absolute Gasteiger partial charge is 0.349 e. The second kappa shape index (κ2) is 6.95. The first kappa shape index (κ1) is 13.6. The molecule has 102 valence electrons. The molecule has 2 rings (SSSR count). The molecule has 0 aliphatic carbocycles. The number of aromatic nitrogens is 1. The zero-order valence-corrected chi connectivity index (χ0v) is 11.9. The molecule has 1 atom stereocenters. The Labute approximate surface area is 111 Å². The molecule has 0 bridgehead atoms. The van der Waals surface area contributed by atoms with Crippen LogP contribution in [0.4, 0.5) is 0 Å². The van der Waals surface area contributed by atoms with Crippen molar-refractivity contribution in [3.8, 4) is 0 Å². The summed E-state index contributed by atoms with van der Waals surface area (Å²) in [6, 6.07) is 4.86. The molecule has 3 nitrogen and oxygen atoms in total. The molecule has 1 aliphatic heterocycles. The van der Waals surface area contributed by atoms with Gasteiger partial charge >= 0.3 is 0 Å². The Morgan fingerprint density at radius 1 is 1.22 bits per heavy atom. The van der Waals surface area contributed by atoms with E-state index in [9.17, 15) is 0 Å². The average Bonchev–Trinajstić information content (AvgIpc) is 2.86. The Kier molecular flexibility index (Phi) is 5.26. The molecular weight excluding hydrogens is 222 g/mol. The van der Waals surface area contributed by atoms with Crippen molar-refractivity contribution in [2.45, 2.75) is 45.7 Å². The predicted molar refractivity (Wildman–Crippen MR) is 76.8 cm³/mol. The van der Waals surface area contributed by atoms with Gasteiger partial charge in [0, 0.05) is 31.0 Å². The van der Waals surface area contributed by atoms with Gasteiger partial charge in [0.05, 0.1) is 0 Å². The van der Waals surface area contributed by atoms with E-state index in [0.717, 1.165) is 13.1 Å². The molecular formula is C15H27N3. The van der Waals surface area contributed by atoms with Crippen LogP contribution in [0.15, 0.2) is 18.3 Å². The van der Waals surface area contributed by atoms with Gasteiger partial charge in [-0.15, -0.1) is 0 Å². The van der Waals surface area contributed by atoms with Crippen molar-refractivity contribution >= 4 is 0 Å². The fourth-order valence-corrected chi connectivity index (χ4v) is 2.87. The standard InChI is InChI=1S/C15H27N3/c1-3-16-14(2)15-8-7-11-18(15)13-12-17-9-5-4-6-10-17/h7-8,11,14,16H,3-6,9-10,12-13H2,1-2H3. The second-order valence-corrected chi connectivity index (χ2v) is 5.31. The Hall–Kier alpha value is -0.800. The molecule has 0 aromatic carbocycles. The normalized spacial score (nSPS) is 19.0. The lowest BCUT2D eigenvalue weighted by atomic mass is 10.1. The van der Waals surface area contributed by atoms with Crippen LogP contribution < -0.4 is 5.32 Å². The highest BCUT2D eigenvalue weighted by Crippen LogP contribution is 2.14. The first-order valence-electron chi connectivity index (χ1n) is 7.42. The van der Waals surface area contributed by atoms with Gasteiger partial charge in [0.15, 0.2) is 0 Å². The minimum absolute atomic E-state index is 0.450. The number of nitrogens with zero attached hydrogens (tertiary/aromatic N) is 2. The molecule has 1 aromatic rings. The van der Waals surface area contributed by atoms with E-state index in [1.165, 1.54) is 44.6 Å². The van der Waals surface area contributed by atoms with Gasteiger partial charge in [-0.25, -0.2) is 0 Å². The molecule has 1 aromatic heterocycles. The summed E-state index contributed by atoms with van der Waals surface area (Å²) in [4.78, 5) is 2.60. The van der Waals surface area contributed by atoms with E-state index in [-0.39, 0.29) is 0 Å². The monoisotopic (exact) mass is 249 g/mol. The maximum atomic E-state index is 3.49. The highest BCUT2D eigenvalue weighted by molar-refractivity contribution is 5.11. The highest BCUT2D eigenvalue weighted by Gasteiger charge is 2.12. The van der Waals surface area contributed by atoms with E-state index < -0.39 is 0 Å². The SMILES string of the molecule is CCNC(C)c1cccn1CCN1CCCCC1. The number of hydrogen-bond acceptors (Lipinski definition) is 2. The number of rotatable bonds is 6. The van der Waals surface area contributed by atoms with Gasteiger partial charge < -0.3 is 14.8 Å². The molecule has 3 heteroatoms. The van der Waals surface area contributed by atoms with E-state index in [4.69, 9.17) is 0 Å². The molecule has 1 saturated heterocycles. The van der Waals surface area contributed by atoms with Crippen LogP contribution in [0.5, 0.6) is 0 Å². The van der Waals surface area contributed by atoms with Gasteiger partial charge in [0.1, 0.15) is 0 Å². The van der Waals surface area contributed by atoms with Crippen molar-refractivity contribution in [2.75, 3.05) is 26.2 Å². The average molecular weight is 249 g/mol. The lowest BCUT2D eigenvalue weighted by Gasteiger charge is -2.27. The third kappa shape index (κ3) is 3.59. The van der Waals surface area contributed by atoms with Crippen LogP contribution in [0.3, 0.4) is 0 Å². The Morgan fingerprint density at radius 3 is 2.72 bits per heavy atom. The lowest BCUT2D eigenvalue weighted by molar-refractivity contribution is 0.219. The molecule has 1 aliphatic rings. The van der Waals surface area contributed by atoms with Gasteiger partial charge in [-0.05, 0) is 51.5 Å². The van der Waals surface area contributed by atoms with E-state index in [1.807, 2.05) is 0 Å². The summed E-state index contributed by atoms with van der Waals surface area (Å²) in [6.07, 6.45) is 6.40. The highest BCUT2D eigenvalue weighted by atomic mass is 15.2. The molecule has 0 amide bonds. The number of likely N-dealkylation sites (tertiary alicyclic amines) is 1. The minimum Gasteiger partial charge on any atom is -0.349 e. The summed E-state index contributed by atoms with van der Waals surface area (Å²) >= 11 is 0. The Bertz CT molecular complexity index is 339. The Balaban J connectivity index is 1.86. The molecule has 0 saturated carbocycles. The number of hydrogen-bond donors (Lipinski definition) is 1. The van der Waals surface area contributed by atoms with Crippen LogP contribution in [-0.2, 0) is 6.54 Å². The summed E-state index contributed by atoms with van der Waals surface area (Å²) in [5.41, 5.74) is 1.41. The molecule has 0 spiro atoms. The quantitative estimate of drug-likeness (QED) is 0.836. The fraction of sp³-hybridized carbons (Fsp3) is 0.733. The summed E-state index contributed by atoms with van der Waals surface area (Å²) in [5.74, 6) is 0. The van der Waals surface area contributed by atoms with Gasteiger partial charge in [-0.2, -0.15) is 0 Å². The van der Waals surface area contributed by atoms with Gasteiger partial charge in [-0.1, -0.05) is 13.3 Å². The summed E-state index contributed by atoms with van der Waals surface area (Å²) in [5, 5.41) is 3.49. The number of nitrogens with one attached hydrogen (secondary N) is 1. The maximum absolute atomic E-state index is 3.49. The van der Waals surface area contributed by atoms with E-state index >= 15 is 0 Å². The zero-order chi connectivity index (χ0) is 12.8. The molecule has 1 unspecified atom stereocenters. The maximum Gasteiger partial charge on any atom is 0.0446 e. The zero-order valence-electron chi connectivity index (χ0n) is 11.9. The fourth-order valence-electron chi connectivity index (χ4n) is 2.87. The second-order valence-electron chi connectivity index (χ2n) is 5.31. The predicted octanol–water partition coefficient (Wildman–Crippen LogP) is 2.64. The summed E-state index contributed by atoms with van der Waals surface area (Å²) in [7, 11) is 0. The van der Waals surface area contributed by atoms with Crippen LogP contribution in [0.1, 0.15) is 44.8 Å². The molecule has 2 heterocycles. The van der Waals surface area contributed by atoms with E-state index in [1.54, 1.807) is 0 Å². The van der Waals surface area contributed by atoms with Crippen molar-refractivity contribution in [3.05, 3.63) is 24.0 Å². The summed E-state index contributed by atoms with van der Waals surface area (Å²) < 4.78 is 2.40. The van der Waals surface area contributed by atoms with Crippen molar-refractivity contribution in [3.63, 3.8) is 0 Å². The minimum atomic E-state index is 0.450. The van der Waals surface area contributed by atoms with Gasteiger partial charge in [0.2, 0.25) is 0 Å². The molecule has 1 fully saturated rings. The van der Waals surface area contributed by atoms with E-state index in [2.05, 4.69) is 47.0 Å².